The molecule has 0 bridgehead atoms. The summed E-state index contributed by atoms with van der Waals surface area (Å²) < 4.78 is 17.2. The minimum Gasteiger partial charge on any atom is -0.299 e. The SMILES string of the molecule is CCCC(CCC)CCn1ccn(-c2ccc(CCl)cc2F)c1=O. The smallest absolute Gasteiger partial charge is 0.299 e. The summed E-state index contributed by atoms with van der Waals surface area (Å²) in [6.45, 7) is 5.06. The van der Waals surface area contributed by atoms with Gasteiger partial charge in [0.15, 0.2) is 0 Å². The van der Waals surface area contributed by atoms with Gasteiger partial charge in [-0.3, -0.25) is 9.13 Å². The van der Waals surface area contributed by atoms with E-state index in [-0.39, 0.29) is 17.3 Å². The van der Waals surface area contributed by atoms with Gasteiger partial charge in [0.1, 0.15) is 5.82 Å². The Hall–Kier alpha value is -1.55. The van der Waals surface area contributed by atoms with E-state index >= 15 is 0 Å². The van der Waals surface area contributed by atoms with Gasteiger partial charge in [0.05, 0.1) is 5.69 Å². The number of halogens is 2. The molecule has 0 unspecified atom stereocenters. The third-order valence-electron chi connectivity index (χ3n) is 4.45. The van der Waals surface area contributed by atoms with Crippen LogP contribution in [0.15, 0.2) is 35.4 Å². The van der Waals surface area contributed by atoms with Gasteiger partial charge in [-0.15, -0.1) is 11.6 Å². The minimum atomic E-state index is -0.428. The Labute approximate surface area is 148 Å². The zero-order chi connectivity index (χ0) is 17.5. The molecule has 5 heteroatoms. The highest BCUT2D eigenvalue weighted by molar-refractivity contribution is 6.17. The van der Waals surface area contributed by atoms with Crippen molar-refractivity contribution >= 4 is 11.6 Å². The van der Waals surface area contributed by atoms with Crippen molar-refractivity contribution in [2.45, 2.75) is 58.4 Å². The molecule has 2 aromatic rings. The van der Waals surface area contributed by atoms with E-state index in [1.165, 1.54) is 36.3 Å². The van der Waals surface area contributed by atoms with Crippen molar-refractivity contribution in [2.75, 3.05) is 0 Å². The fraction of sp³-hybridized carbons (Fsp3) is 0.526. The fourth-order valence-corrected chi connectivity index (χ4v) is 3.33. The lowest BCUT2D eigenvalue weighted by molar-refractivity contribution is 0.383. The standard InChI is InChI=1S/C19H26ClFN2O/c1-3-5-15(6-4-2)9-10-22-11-12-23(19(22)24)18-8-7-16(14-20)13-17(18)21/h7-8,11-13,15H,3-6,9-10,14H2,1-2H3. The minimum absolute atomic E-state index is 0.195. The van der Waals surface area contributed by atoms with Gasteiger partial charge in [0, 0.05) is 24.8 Å². The highest BCUT2D eigenvalue weighted by Gasteiger charge is 2.12. The Morgan fingerprint density at radius 3 is 2.42 bits per heavy atom. The van der Waals surface area contributed by atoms with Gasteiger partial charge in [-0.1, -0.05) is 45.6 Å². The van der Waals surface area contributed by atoms with E-state index in [0.29, 0.717) is 18.0 Å². The second-order valence-electron chi connectivity index (χ2n) is 6.30. The first-order valence-corrected chi connectivity index (χ1v) is 9.26. The molecule has 24 heavy (non-hydrogen) atoms. The van der Waals surface area contributed by atoms with Gasteiger partial charge >= 0.3 is 5.69 Å². The molecule has 0 fully saturated rings. The number of aryl methyl sites for hydroxylation is 1. The topological polar surface area (TPSA) is 26.9 Å². The Morgan fingerprint density at radius 2 is 1.83 bits per heavy atom. The van der Waals surface area contributed by atoms with Gasteiger partial charge in [-0.25, -0.2) is 9.18 Å². The third kappa shape index (κ3) is 4.50. The molecule has 132 valence electrons. The van der Waals surface area contributed by atoms with Crippen LogP contribution in [0, 0.1) is 11.7 Å². The summed E-state index contributed by atoms with van der Waals surface area (Å²) in [5, 5.41) is 0. The Kier molecular flexibility index (Phi) is 7.10. The molecule has 0 aliphatic carbocycles. The monoisotopic (exact) mass is 352 g/mol. The summed E-state index contributed by atoms with van der Waals surface area (Å²) in [6, 6.07) is 4.73. The number of imidazole rings is 1. The van der Waals surface area contributed by atoms with Crippen LogP contribution in [0.2, 0.25) is 0 Å². The Bertz CT molecular complexity index is 702. The summed E-state index contributed by atoms with van der Waals surface area (Å²) in [7, 11) is 0. The van der Waals surface area contributed by atoms with Crippen molar-refractivity contribution in [3.05, 3.63) is 52.5 Å². The summed E-state index contributed by atoms with van der Waals surface area (Å²) in [4.78, 5) is 12.5. The molecule has 1 aromatic heterocycles. The van der Waals surface area contributed by atoms with Crippen molar-refractivity contribution in [3.8, 4) is 5.69 Å². The maximum Gasteiger partial charge on any atom is 0.332 e. The van der Waals surface area contributed by atoms with E-state index in [0.717, 1.165) is 6.42 Å². The molecule has 0 atom stereocenters. The number of aromatic nitrogens is 2. The highest BCUT2D eigenvalue weighted by Crippen LogP contribution is 2.19. The van der Waals surface area contributed by atoms with Crippen LogP contribution < -0.4 is 5.69 Å². The lowest BCUT2D eigenvalue weighted by atomic mass is 9.95. The molecule has 3 nitrogen and oxygen atoms in total. The van der Waals surface area contributed by atoms with E-state index in [1.54, 1.807) is 29.1 Å². The molecular formula is C19H26ClFN2O. The fourth-order valence-electron chi connectivity index (χ4n) is 3.17. The summed E-state index contributed by atoms with van der Waals surface area (Å²) in [6.07, 6.45) is 9.08. The van der Waals surface area contributed by atoms with Crippen LogP contribution in [-0.4, -0.2) is 9.13 Å². The zero-order valence-corrected chi connectivity index (χ0v) is 15.2. The van der Waals surface area contributed by atoms with Gasteiger partial charge < -0.3 is 0 Å². The van der Waals surface area contributed by atoms with Crippen LogP contribution in [0.25, 0.3) is 5.69 Å². The number of alkyl halides is 1. The number of benzene rings is 1. The predicted octanol–water partition coefficient (Wildman–Crippen LogP) is 5.12. The molecule has 0 amide bonds. The molecule has 0 spiro atoms. The largest absolute Gasteiger partial charge is 0.332 e. The van der Waals surface area contributed by atoms with Gasteiger partial charge in [0.25, 0.3) is 0 Å². The maximum absolute atomic E-state index is 14.2. The summed E-state index contributed by atoms with van der Waals surface area (Å²) in [5.74, 6) is 0.474. The van der Waals surface area contributed by atoms with Crippen molar-refractivity contribution in [1.29, 1.82) is 0 Å². The average molecular weight is 353 g/mol. The number of nitrogens with zero attached hydrogens (tertiary/aromatic N) is 2. The van der Waals surface area contributed by atoms with E-state index in [2.05, 4.69) is 13.8 Å². The second kappa shape index (κ2) is 9.07. The van der Waals surface area contributed by atoms with Crippen molar-refractivity contribution in [1.82, 2.24) is 9.13 Å². The van der Waals surface area contributed by atoms with Crippen LogP contribution in [-0.2, 0) is 12.4 Å². The van der Waals surface area contributed by atoms with Crippen LogP contribution in [0.1, 0.15) is 51.5 Å². The maximum atomic E-state index is 14.2. The van der Waals surface area contributed by atoms with Crippen LogP contribution in [0.3, 0.4) is 0 Å². The van der Waals surface area contributed by atoms with Gasteiger partial charge in [0.2, 0.25) is 0 Å². The molecular weight excluding hydrogens is 327 g/mol. The van der Waals surface area contributed by atoms with Crippen molar-refractivity contribution < 1.29 is 4.39 Å². The van der Waals surface area contributed by atoms with E-state index < -0.39 is 5.82 Å². The molecule has 1 heterocycles. The molecule has 2 rings (SSSR count). The molecule has 0 aliphatic heterocycles. The van der Waals surface area contributed by atoms with Crippen LogP contribution in [0.4, 0.5) is 4.39 Å². The van der Waals surface area contributed by atoms with E-state index in [9.17, 15) is 9.18 Å². The lowest BCUT2D eigenvalue weighted by Gasteiger charge is -2.14. The van der Waals surface area contributed by atoms with Gasteiger partial charge in [-0.05, 0) is 30.0 Å². The number of rotatable bonds is 9. The normalized spacial score (nSPS) is 11.4. The molecule has 0 aliphatic rings. The Balaban J connectivity index is 2.15. The van der Waals surface area contributed by atoms with Crippen molar-refractivity contribution in [3.63, 3.8) is 0 Å². The van der Waals surface area contributed by atoms with Crippen molar-refractivity contribution in [2.24, 2.45) is 5.92 Å². The van der Waals surface area contributed by atoms with E-state index in [1.807, 2.05) is 0 Å². The third-order valence-corrected chi connectivity index (χ3v) is 4.75. The van der Waals surface area contributed by atoms with Gasteiger partial charge in [-0.2, -0.15) is 0 Å². The number of hydrogen-bond donors (Lipinski definition) is 0. The zero-order valence-electron chi connectivity index (χ0n) is 14.5. The lowest BCUT2D eigenvalue weighted by Crippen LogP contribution is -2.24. The molecule has 1 aromatic carbocycles. The highest BCUT2D eigenvalue weighted by atomic mass is 35.5. The Morgan fingerprint density at radius 1 is 1.12 bits per heavy atom. The first-order chi connectivity index (χ1) is 11.6. The molecule has 0 saturated carbocycles. The van der Waals surface area contributed by atoms with E-state index in [4.69, 9.17) is 11.6 Å². The first-order valence-electron chi connectivity index (χ1n) is 8.73. The average Bonchev–Trinajstić information content (AvgIpc) is 2.93. The molecule has 0 saturated heterocycles. The number of hydrogen-bond acceptors (Lipinski definition) is 1. The summed E-state index contributed by atoms with van der Waals surface area (Å²) in [5.41, 5.74) is 0.776. The predicted molar refractivity (Wildman–Crippen MR) is 97.5 cm³/mol. The first kappa shape index (κ1) is 18.8. The molecule has 0 N–H and O–H groups in total. The quantitative estimate of drug-likeness (QED) is 0.575. The van der Waals surface area contributed by atoms with Crippen LogP contribution in [0.5, 0.6) is 0 Å². The van der Waals surface area contributed by atoms with Crippen LogP contribution >= 0.6 is 11.6 Å². The summed E-state index contributed by atoms with van der Waals surface area (Å²) >= 11 is 5.72. The second-order valence-corrected chi connectivity index (χ2v) is 6.56. The molecule has 0 radical (unpaired) electrons.